The molecule has 0 bridgehead atoms. The van der Waals surface area contributed by atoms with Gasteiger partial charge in [-0.15, -0.1) is 0 Å². The monoisotopic (exact) mass is 464 g/mol. The molecule has 1 heterocycles. The summed E-state index contributed by atoms with van der Waals surface area (Å²) in [6.45, 7) is 1.84. The fraction of sp³-hybridized carbons (Fsp3) is 0.167. The number of carbonyl (C=O) groups is 2. The van der Waals surface area contributed by atoms with Crippen LogP contribution in [-0.4, -0.2) is 43.3 Å². The van der Waals surface area contributed by atoms with Crippen molar-refractivity contribution in [3.63, 3.8) is 0 Å². The fourth-order valence-electron chi connectivity index (χ4n) is 4.32. The van der Waals surface area contributed by atoms with E-state index in [0.29, 0.717) is 0 Å². The average molecular weight is 464 g/mol. The van der Waals surface area contributed by atoms with Crippen molar-refractivity contribution in [2.45, 2.75) is 17.7 Å². The summed E-state index contributed by atoms with van der Waals surface area (Å²) in [4.78, 5) is 27.9. The Hall–Kier alpha value is -3.85. The molecule has 0 spiro atoms. The summed E-state index contributed by atoms with van der Waals surface area (Å²) in [7, 11) is -4.15. The Labute approximate surface area is 190 Å². The molecular weight excluding hydrogens is 444 g/mol. The second-order valence-electron chi connectivity index (χ2n) is 8.04. The molecule has 1 aliphatic heterocycles. The molecule has 0 aromatic heterocycles. The Balaban J connectivity index is 1.51. The predicted molar refractivity (Wildman–Crippen MR) is 122 cm³/mol. The topological polar surface area (TPSA) is 124 Å². The standard InChI is InChI=1S/C24H20N2O6S/c27-21-16-5-1-2-6-17(16)22(28)20-18(21)13-19(23(29)24(20)30)25-33(31,32)15-9-7-14(8-10-15)26-11-3-4-12-26/h1-2,5-10,13,25,29-30H,3-4,11-12H2. The zero-order valence-corrected chi connectivity index (χ0v) is 18.2. The van der Waals surface area contributed by atoms with Gasteiger partial charge in [0, 0.05) is 35.5 Å². The van der Waals surface area contributed by atoms with E-state index >= 15 is 0 Å². The second kappa shape index (κ2) is 7.63. The maximum atomic E-state index is 12.9. The molecule has 1 aliphatic carbocycles. The lowest BCUT2D eigenvalue weighted by molar-refractivity contribution is 0.0976. The summed E-state index contributed by atoms with van der Waals surface area (Å²) < 4.78 is 28.1. The van der Waals surface area contributed by atoms with Crippen LogP contribution in [0.25, 0.3) is 0 Å². The molecule has 8 nitrogen and oxygen atoms in total. The molecule has 0 saturated carbocycles. The summed E-state index contributed by atoms with van der Waals surface area (Å²) in [5, 5.41) is 21.0. The molecule has 2 aliphatic rings. The molecule has 0 unspecified atom stereocenters. The van der Waals surface area contributed by atoms with Gasteiger partial charge in [0.25, 0.3) is 10.0 Å². The first-order valence-electron chi connectivity index (χ1n) is 10.4. The van der Waals surface area contributed by atoms with Gasteiger partial charge in [0.2, 0.25) is 0 Å². The number of hydrogen-bond donors (Lipinski definition) is 3. The number of aromatic hydroxyl groups is 2. The molecule has 1 fully saturated rings. The smallest absolute Gasteiger partial charge is 0.262 e. The number of benzene rings is 3. The number of carbonyl (C=O) groups excluding carboxylic acids is 2. The van der Waals surface area contributed by atoms with Gasteiger partial charge in [-0.25, -0.2) is 8.42 Å². The largest absolute Gasteiger partial charge is 0.504 e. The van der Waals surface area contributed by atoms with E-state index in [1.807, 2.05) is 0 Å². The molecule has 3 aromatic rings. The van der Waals surface area contributed by atoms with Gasteiger partial charge >= 0.3 is 0 Å². The minimum absolute atomic E-state index is 0.0465. The van der Waals surface area contributed by atoms with Crippen LogP contribution in [0.4, 0.5) is 11.4 Å². The number of phenolic OH excluding ortho intramolecular Hbond substituents is 2. The van der Waals surface area contributed by atoms with E-state index in [0.717, 1.165) is 37.7 Å². The Morgan fingerprint density at radius 3 is 2.03 bits per heavy atom. The van der Waals surface area contributed by atoms with Gasteiger partial charge in [-0.05, 0) is 43.2 Å². The molecule has 0 radical (unpaired) electrons. The minimum Gasteiger partial charge on any atom is -0.504 e. The van der Waals surface area contributed by atoms with Gasteiger partial charge < -0.3 is 15.1 Å². The highest BCUT2D eigenvalue weighted by molar-refractivity contribution is 7.92. The van der Waals surface area contributed by atoms with Crippen molar-refractivity contribution in [2.75, 3.05) is 22.7 Å². The summed E-state index contributed by atoms with van der Waals surface area (Å²) in [5.74, 6) is -2.85. The van der Waals surface area contributed by atoms with E-state index in [9.17, 15) is 28.2 Å². The SMILES string of the molecule is O=C1c2ccccc2C(=O)c2c1cc(NS(=O)(=O)c1ccc(N3CCCC3)cc1)c(O)c2O. The first kappa shape index (κ1) is 21.0. The summed E-state index contributed by atoms with van der Waals surface area (Å²) in [6, 6.07) is 13.5. The van der Waals surface area contributed by atoms with Crippen LogP contribution in [0.2, 0.25) is 0 Å². The van der Waals surface area contributed by atoms with Gasteiger partial charge in [0.15, 0.2) is 23.1 Å². The first-order valence-corrected chi connectivity index (χ1v) is 11.9. The lowest BCUT2D eigenvalue weighted by atomic mass is 9.83. The van der Waals surface area contributed by atoms with Crippen molar-refractivity contribution in [2.24, 2.45) is 0 Å². The van der Waals surface area contributed by atoms with Crippen molar-refractivity contribution < 1.29 is 28.2 Å². The van der Waals surface area contributed by atoms with Crippen molar-refractivity contribution in [3.8, 4) is 11.5 Å². The van der Waals surface area contributed by atoms with Gasteiger partial charge in [0.05, 0.1) is 16.1 Å². The zero-order chi connectivity index (χ0) is 23.3. The van der Waals surface area contributed by atoms with Crippen molar-refractivity contribution in [1.82, 2.24) is 0 Å². The predicted octanol–water partition coefficient (Wildman–Crippen LogP) is 3.27. The average Bonchev–Trinajstić information content (AvgIpc) is 3.35. The van der Waals surface area contributed by atoms with E-state index in [2.05, 4.69) is 9.62 Å². The van der Waals surface area contributed by atoms with Crippen LogP contribution in [0, 0.1) is 0 Å². The Morgan fingerprint density at radius 2 is 1.39 bits per heavy atom. The number of phenols is 2. The van der Waals surface area contributed by atoms with Crippen molar-refractivity contribution >= 4 is 33.0 Å². The highest BCUT2D eigenvalue weighted by Crippen LogP contribution is 2.43. The molecular formula is C24H20N2O6S. The third kappa shape index (κ3) is 3.41. The highest BCUT2D eigenvalue weighted by Gasteiger charge is 2.35. The van der Waals surface area contributed by atoms with Gasteiger partial charge in [-0.2, -0.15) is 0 Å². The fourth-order valence-corrected chi connectivity index (χ4v) is 5.38. The maximum Gasteiger partial charge on any atom is 0.262 e. The maximum absolute atomic E-state index is 12.9. The van der Waals surface area contributed by atoms with Crippen LogP contribution in [0.5, 0.6) is 11.5 Å². The summed E-state index contributed by atoms with van der Waals surface area (Å²) in [5.41, 5.74) is 0.242. The van der Waals surface area contributed by atoms with E-state index in [1.165, 1.54) is 24.3 Å². The van der Waals surface area contributed by atoms with Crippen LogP contribution >= 0.6 is 0 Å². The Morgan fingerprint density at radius 1 is 0.788 bits per heavy atom. The minimum atomic E-state index is -4.15. The highest BCUT2D eigenvalue weighted by atomic mass is 32.2. The van der Waals surface area contributed by atoms with Crippen LogP contribution in [0.3, 0.4) is 0 Å². The molecule has 0 atom stereocenters. The molecule has 33 heavy (non-hydrogen) atoms. The quantitative estimate of drug-likeness (QED) is 0.396. The number of ketones is 2. The Kier molecular flexibility index (Phi) is 4.86. The normalized spacial score (nSPS) is 15.3. The first-order chi connectivity index (χ1) is 15.8. The third-order valence-corrected chi connectivity index (χ3v) is 7.41. The van der Waals surface area contributed by atoms with Crippen LogP contribution in [0.15, 0.2) is 59.5 Å². The van der Waals surface area contributed by atoms with E-state index in [-0.39, 0.29) is 27.1 Å². The van der Waals surface area contributed by atoms with E-state index < -0.39 is 38.8 Å². The van der Waals surface area contributed by atoms with Crippen LogP contribution in [0.1, 0.15) is 44.7 Å². The number of rotatable bonds is 4. The van der Waals surface area contributed by atoms with Crippen molar-refractivity contribution in [1.29, 1.82) is 0 Å². The van der Waals surface area contributed by atoms with Crippen LogP contribution < -0.4 is 9.62 Å². The molecule has 5 rings (SSSR count). The lowest BCUT2D eigenvalue weighted by Crippen LogP contribution is -2.22. The second-order valence-corrected chi connectivity index (χ2v) is 9.72. The molecule has 3 aromatic carbocycles. The zero-order valence-electron chi connectivity index (χ0n) is 17.4. The Bertz CT molecular complexity index is 1410. The number of hydrogen-bond acceptors (Lipinski definition) is 7. The van der Waals surface area contributed by atoms with E-state index in [1.54, 1.807) is 24.3 Å². The number of fused-ring (bicyclic) bond motifs is 2. The van der Waals surface area contributed by atoms with Gasteiger partial charge in [0.1, 0.15) is 0 Å². The molecule has 168 valence electrons. The molecule has 1 saturated heterocycles. The molecule has 3 N–H and O–H groups in total. The lowest BCUT2D eigenvalue weighted by Gasteiger charge is -2.21. The van der Waals surface area contributed by atoms with Crippen molar-refractivity contribution in [3.05, 3.63) is 76.9 Å². The molecule has 0 amide bonds. The van der Waals surface area contributed by atoms with E-state index in [4.69, 9.17) is 0 Å². The molecule has 9 heteroatoms. The van der Waals surface area contributed by atoms with Crippen LogP contribution in [-0.2, 0) is 10.0 Å². The summed E-state index contributed by atoms with van der Waals surface area (Å²) >= 11 is 0. The number of nitrogens with one attached hydrogen (secondary N) is 1. The third-order valence-electron chi connectivity index (χ3n) is 6.02. The number of nitrogens with zero attached hydrogens (tertiary/aromatic N) is 1. The number of anilines is 2. The summed E-state index contributed by atoms with van der Waals surface area (Å²) in [6.07, 6.45) is 2.18. The van der Waals surface area contributed by atoms with Gasteiger partial charge in [-0.3, -0.25) is 14.3 Å². The van der Waals surface area contributed by atoms with Gasteiger partial charge in [-0.1, -0.05) is 24.3 Å². The number of sulfonamides is 1.